The van der Waals surface area contributed by atoms with Gasteiger partial charge in [-0.15, -0.1) is 0 Å². The molecule has 4 heteroatoms. The second-order valence-electron chi connectivity index (χ2n) is 6.05. The first-order valence-corrected chi connectivity index (χ1v) is 8.07. The average molecular weight is 274 g/mol. The zero-order valence-electron chi connectivity index (χ0n) is 12.3. The number of pyridine rings is 1. The third kappa shape index (κ3) is 3.63. The number of nitrogens with one attached hydrogen (secondary N) is 2. The Morgan fingerprint density at radius 3 is 2.80 bits per heavy atom. The summed E-state index contributed by atoms with van der Waals surface area (Å²) in [6.07, 6.45) is 8.59. The van der Waals surface area contributed by atoms with Gasteiger partial charge in [-0.1, -0.05) is 0 Å². The van der Waals surface area contributed by atoms with Gasteiger partial charge in [-0.05, 0) is 63.2 Å². The Kier molecular flexibility index (Phi) is 4.74. The number of nitrogens with zero attached hydrogens (tertiary/aromatic N) is 2. The number of rotatable bonds is 4. The van der Waals surface area contributed by atoms with Crippen LogP contribution in [0, 0.1) is 5.92 Å². The molecule has 1 aromatic heterocycles. The third-order valence-electron chi connectivity index (χ3n) is 4.42. The topological polar surface area (TPSA) is 40.2 Å². The Morgan fingerprint density at radius 1 is 1.20 bits per heavy atom. The Hall–Kier alpha value is -1.29. The van der Waals surface area contributed by atoms with Crippen LogP contribution in [0.2, 0.25) is 0 Å². The minimum Gasteiger partial charge on any atom is -0.383 e. The third-order valence-corrected chi connectivity index (χ3v) is 4.42. The Balaban J connectivity index is 1.50. The van der Waals surface area contributed by atoms with Gasteiger partial charge in [0.25, 0.3) is 0 Å². The number of anilines is 2. The fourth-order valence-electron chi connectivity index (χ4n) is 3.16. The summed E-state index contributed by atoms with van der Waals surface area (Å²) in [5.41, 5.74) is 1.15. The summed E-state index contributed by atoms with van der Waals surface area (Å²) in [6, 6.07) is 4.33. The molecular weight excluding hydrogens is 248 g/mol. The van der Waals surface area contributed by atoms with Gasteiger partial charge in [0.2, 0.25) is 0 Å². The van der Waals surface area contributed by atoms with Crippen LogP contribution in [0.3, 0.4) is 0 Å². The highest BCUT2D eigenvalue weighted by atomic mass is 15.2. The maximum atomic E-state index is 4.61. The minimum atomic E-state index is 0.755. The highest BCUT2D eigenvalue weighted by Gasteiger charge is 2.13. The molecule has 0 aliphatic carbocycles. The molecule has 20 heavy (non-hydrogen) atoms. The second kappa shape index (κ2) is 6.93. The predicted molar refractivity (Wildman–Crippen MR) is 84.4 cm³/mol. The molecule has 2 saturated heterocycles. The molecular formula is C16H26N4. The van der Waals surface area contributed by atoms with Crippen molar-refractivity contribution in [1.82, 2.24) is 10.3 Å². The lowest BCUT2D eigenvalue weighted by atomic mass is 10.00. The Morgan fingerprint density at radius 2 is 2.10 bits per heavy atom. The van der Waals surface area contributed by atoms with Crippen molar-refractivity contribution in [2.24, 2.45) is 5.92 Å². The number of hydrogen-bond donors (Lipinski definition) is 2. The van der Waals surface area contributed by atoms with Gasteiger partial charge < -0.3 is 15.5 Å². The van der Waals surface area contributed by atoms with E-state index in [0.29, 0.717) is 0 Å². The fourth-order valence-corrected chi connectivity index (χ4v) is 3.16. The maximum Gasteiger partial charge on any atom is 0.128 e. The molecule has 3 heterocycles. The molecule has 2 aliphatic heterocycles. The van der Waals surface area contributed by atoms with Crippen molar-refractivity contribution in [3.8, 4) is 0 Å². The molecule has 2 aliphatic rings. The fraction of sp³-hybridized carbons (Fsp3) is 0.688. The molecule has 2 N–H and O–H groups in total. The van der Waals surface area contributed by atoms with Crippen LogP contribution in [0.5, 0.6) is 0 Å². The van der Waals surface area contributed by atoms with Gasteiger partial charge in [0.15, 0.2) is 0 Å². The summed E-state index contributed by atoms with van der Waals surface area (Å²) >= 11 is 0. The molecule has 1 unspecified atom stereocenters. The lowest BCUT2D eigenvalue weighted by Gasteiger charge is -2.28. The van der Waals surface area contributed by atoms with E-state index < -0.39 is 0 Å². The van der Waals surface area contributed by atoms with Crippen molar-refractivity contribution in [2.75, 3.05) is 42.9 Å². The largest absolute Gasteiger partial charge is 0.383 e. The van der Waals surface area contributed by atoms with Gasteiger partial charge in [-0.3, -0.25) is 0 Å². The lowest BCUT2D eigenvalue weighted by molar-refractivity contribution is 0.393. The van der Waals surface area contributed by atoms with Crippen molar-refractivity contribution in [3.63, 3.8) is 0 Å². The SMILES string of the molecule is c1cc(N2CCCCC2)ncc1NCC1CCCNC1. The second-order valence-corrected chi connectivity index (χ2v) is 6.05. The Labute approximate surface area is 122 Å². The van der Waals surface area contributed by atoms with Crippen molar-refractivity contribution in [3.05, 3.63) is 18.3 Å². The van der Waals surface area contributed by atoms with Crippen LogP contribution >= 0.6 is 0 Å². The molecule has 110 valence electrons. The molecule has 4 nitrogen and oxygen atoms in total. The van der Waals surface area contributed by atoms with Gasteiger partial charge in [-0.2, -0.15) is 0 Å². The Bertz CT molecular complexity index is 391. The van der Waals surface area contributed by atoms with E-state index in [1.807, 2.05) is 6.20 Å². The van der Waals surface area contributed by atoms with E-state index in [9.17, 15) is 0 Å². The van der Waals surface area contributed by atoms with Crippen LogP contribution in [0.15, 0.2) is 18.3 Å². The number of hydrogen-bond acceptors (Lipinski definition) is 4. The highest BCUT2D eigenvalue weighted by Crippen LogP contribution is 2.19. The van der Waals surface area contributed by atoms with Crippen LogP contribution in [-0.4, -0.2) is 37.7 Å². The van der Waals surface area contributed by atoms with E-state index in [1.165, 1.54) is 38.6 Å². The summed E-state index contributed by atoms with van der Waals surface area (Å²) in [7, 11) is 0. The van der Waals surface area contributed by atoms with Gasteiger partial charge in [-0.25, -0.2) is 4.98 Å². The molecule has 0 saturated carbocycles. The molecule has 1 atom stereocenters. The van der Waals surface area contributed by atoms with Crippen LogP contribution < -0.4 is 15.5 Å². The molecule has 0 bridgehead atoms. The van der Waals surface area contributed by atoms with E-state index in [4.69, 9.17) is 0 Å². The highest BCUT2D eigenvalue weighted by molar-refractivity contribution is 5.48. The zero-order valence-corrected chi connectivity index (χ0v) is 12.3. The van der Waals surface area contributed by atoms with Gasteiger partial charge in [0, 0.05) is 19.6 Å². The van der Waals surface area contributed by atoms with E-state index in [-0.39, 0.29) is 0 Å². The molecule has 0 radical (unpaired) electrons. The smallest absolute Gasteiger partial charge is 0.128 e. The van der Waals surface area contributed by atoms with Crippen molar-refractivity contribution >= 4 is 11.5 Å². The van der Waals surface area contributed by atoms with E-state index in [0.717, 1.165) is 43.6 Å². The van der Waals surface area contributed by atoms with Crippen LogP contribution in [-0.2, 0) is 0 Å². The monoisotopic (exact) mass is 274 g/mol. The van der Waals surface area contributed by atoms with E-state index in [1.54, 1.807) is 0 Å². The first kappa shape index (κ1) is 13.7. The summed E-state index contributed by atoms with van der Waals surface area (Å²) < 4.78 is 0. The van der Waals surface area contributed by atoms with Crippen LogP contribution in [0.1, 0.15) is 32.1 Å². The van der Waals surface area contributed by atoms with E-state index in [2.05, 4.69) is 32.7 Å². The molecule has 3 rings (SSSR count). The van der Waals surface area contributed by atoms with Crippen molar-refractivity contribution < 1.29 is 0 Å². The molecule has 0 amide bonds. The first-order valence-electron chi connectivity index (χ1n) is 8.07. The van der Waals surface area contributed by atoms with E-state index >= 15 is 0 Å². The summed E-state index contributed by atoms with van der Waals surface area (Å²) in [4.78, 5) is 7.02. The van der Waals surface area contributed by atoms with Crippen molar-refractivity contribution in [1.29, 1.82) is 0 Å². The molecule has 0 aromatic carbocycles. The predicted octanol–water partition coefficient (Wildman–Crippen LogP) is 2.48. The maximum absolute atomic E-state index is 4.61. The van der Waals surface area contributed by atoms with Crippen molar-refractivity contribution in [2.45, 2.75) is 32.1 Å². The van der Waals surface area contributed by atoms with Gasteiger partial charge >= 0.3 is 0 Å². The zero-order chi connectivity index (χ0) is 13.6. The normalized spacial score (nSPS) is 23.6. The van der Waals surface area contributed by atoms with Crippen LogP contribution in [0.25, 0.3) is 0 Å². The van der Waals surface area contributed by atoms with Gasteiger partial charge in [0.1, 0.15) is 5.82 Å². The molecule has 1 aromatic rings. The lowest BCUT2D eigenvalue weighted by Crippen LogP contribution is -2.33. The van der Waals surface area contributed by atoms with Gasteiger partial charge in [0.05, 0.1) is 11.9 Å². The quantitative estimate of drug-likeness (QED) is 0.885. The minimum absolute atomic E-state index is 0.755. The summed E-state index contributed by atoms with van der Waals surface area (Å²) in [5.74, 6) is 1.89. The first-order chi connectivity index (χ1) is 9.92. The molecule has 2 fully saturated rings. The number of piperidine rings is 2. The summed E-state index contributed by atoms with van der Waals surface area (Å²) in [5, 5.41) is 6.98. The molecule has 0 spiro atoms. The number of aromatic nitrogens is 1. The summed E-state index contributed by atoms with van der Waals surface area (Å²) in [6.45, 7) is 5.70. The average Bonchev–Trinajstić information content (AvgIpc) is 2.55. The standard InChI is InChI=1S/C16H26N4/c1-2-9-20(10-3-1)16-7-6-15(13-19-16)18-12-14-5-4-8-17-11-14/h6-7,13-14,17-18H,1-5,8-12H2. The van der Waals surface area contributed by atoms with Crippen LogP contribution in [0.4, 0.5) is 11.5 Å².